The number of epoxide rings is 1. The zero-order valence-corrected chi connectivity index (χ0v) is 13.6. The monoisotopic (exact) mass is 290 g/mol. The SMILES string of the molecule is CCOC(=O)C1(CCCc2ccc(C(C)(C)C)cc2)CO1. The minimum absolute atomic E-state index is 0.189. The van der Waals surface area contributed by atoms with Crippen LogP contribution in [0.1, 0.15) is 51.7 Å². The fourth-order valence-electron chi connectivity index (χ4n) is 2.46. The maximum atomic E-state index is 11.8. The molecule has 1 aromatic rings. The van der Waals surface area contributed by atoms with Gasteiger partial charge in [-0.15, -0.1) is 0 Å². The van der Waals surface area contributed by atoms with E-state index in [1.165, 1.54) is 11.1 Å². The molecule has 1 fully saturated rings. The first-order chi connectivity index (χ1) is 9.87. The van der Waals surface area contributed by atoms with Gasteiger partial charge in [-0.05, 0) is 42.7 Å². The predicted molar refractivity (Wildman–Crippen MR) is 83.4 cm³/mol. The van der Waals surface area contributed by atoms with E-state index >= 15 is 0 Å². The third kappa shape index (κ3) is 4.07. The highest BCUT2D eigenvalue weighted by Crippen LogP contribution is 2.34. The quantitative estimate of drug-likeness (QED) is 0.593. The van der Waals surface area contributed by atoms with Crippen molar-refractivity contribution in [1.29, 1.82) is 0 Å². The number of carbonyl (C=O) groups excluding carboxylic acids is 1. The van der Waals surface area contributed by atoms with Crippen molar-refractivity contribution in [3.8, 4) is 0 Å². The molecular formula is C18H26O3. The van der Waals surface area contributed by atoms with Crippen LogP contribution in [0.15, 0.2) is 24.3 Å². The van der Waals surface area contributed by atoms with Crippen molar-refractivity contribution in [2.75, 3.05) is 13.2 Å². The molecule has 0 N–H and O–H groups in total. The number of ether oxygens (including phenoxy) is 2. The predicted octanol–water partition coefficient (Wildman–Crippen LogP) is 3.64. The smallest absolute Gasteiger partial charge is 0.340 e. The highest BCUT2D eigenvalue weighted by molar-refractivity contribution is 5.82. The van der Waals surface area contributed by atoms with Gasteiger partial charge in [0.2, 0.25) is 0 Å². The number of carbonyl (C=O) groups is 1. The van der Waals surface area contributed by atoms with Crippen molar-refractivity contribution in [1.82, 2.24) is 0 Å². The van der Waals surface area contributed by atoms with Crippen molar-refractivity contribution in [2.45, 2.75) is 58.0 Å². The van der Waals surface area contributed by atoms with Crippen LogP contribution >= 0.6 is 0 Å². The molecule has 0 spiro atoms. The molecule has 3 nitrogen and oxygen atoms in total. The zero-order valence-electron chi connectivity index (χ0n) is 13.6. The third-order valence-corrected chi connectivity index (χ3v) is 4.01. The molecule has 1 aliphatic heterocycles. The van der Waals surface area contributed by atoms with Crippen molar-refractivity contribution in [3.05, 3.63) is 35.4 Å². The van der Waals surface area contributed by atoms with Crippen molar-refractivity contribution in [3.63, 3.8) is 0 Å². The van der Waals surface area contributed by atoms with E-state index in [4.69, 9.17) is 9.47 Å². The van der Waals surface area contributed by atoms with Gasteiger partial charge in [-0.2, -0.15) is 0 Å². The van der Waals surface area contributed by atoms with Gasteiger partial charge in [-0.25, -0.2) is 4.79 Å². The molecule has 0 amide bonds. The summed E-state index contributed by atoms with van der Waals surface area (Å²) in [6.45, 7) is 9.40. The van der Waals surface area contributed by atoms with Crippen molar-refractivity contribution < 1.29 is 14.3 Å². The van der Waals surface area contributed by atoms with E-state index in [0.717, 1.165) is 19.3 Å². The summed E-state index contributed by atoms with van der Waals surface area (Å²) in [6, 6.07) is 8.77. The van der Waals surface area contributed by atoms with Gasteiger partial charge in [0.1, 0.15) is 0 Å². The molecule has 0 saturated carbocycles. The lowest BCUT2D eigenvalue weighted by molar-refractivity contribution is -0.149. The molecular weight excluding hydrogens is 264 g/mol. The van der Waals surface area contributed by atoms with Crippen LogP contribution in [-0.4, -0.2) is 24.8 Å². The number of hydrogen-bond acceptors (Lipinski definition) is 3. The molecule has 0 radical (unpaired) electrons. The first-order valence-electron chi connectivity index (χ1n) is 7.78. The summed E-state index contributed by atoms with van der Waals surface area (Å²) >= 11 is 0. The van der Waals surface area contributed by atoms with E-state index in [2.05, 4.69) is 45.0 Å². The molecule has 2 rings (SSSR count). The summed E-state index contributed by atoms with van der Waals surface area (Å²) in [4.78, 5) is 11.8. The van der Waals surface area contributed by atoms with E-state index in [0.29, 0.717) is 13.2 Å². The van der Waals surface area contributed by atoms with Crippen LogP contribution in [0.25, 0.3) is 0 Å². The Labute approximate surface area is 127 Å². The molecule has 0 aliphatic carbocycles. The fourth-order valence-corrected chi connectivity index (χ4v) is 2.46. The molecule has 3 heteroatoms. The topological polar surface area (TPSA) is 38.8 Å². The Morgan fingerprint density at radius 1 is 1.29 bits per heavy atom. The van der Waals surface area contributed by atoms with Crippen LogP contribution in [0.5, 0.6) is 0 Å². The van der Waals surface area contributed by atoms with Crippen molar-refractivity contribution in [2.24, 2.45) is 0 Å². The normalized spacial score (nSPS) is 21.1. The van der Waals surface area contributed by atoms with E-state index in [1.807, 2.05) is 6.92 Å². The van der Waals surface area contributed by atoms with Crippen LogP contribution in [-0.2, 0) is 26.1 Å². The molecule has 21 heavy (non-hydrogen) atoms. The van der Waals surface area contributed by atoms with Crippen LogP contribution in [0, 0.1) is 0 Å². The van der Waals surface area contributed by atoms with E-state index < -0.39 is 5.60 Å². The second kappa shape index (κ2) is 6.18. The van der Waals surface area contributed by atoms with Gasteiger partial charge in [0, 0.05) is 0 Å². The Morgan fingerprint density at radius 3 is 2.38 bits per heavy atom. The lowest BCUT2D eigenvalue weighted by Crippen LogP contribution is -2.27. The zero-order chi connectivity index (χ0) is 15.5. The summed E-state index contributed by atoms with van der Waals surface area (Å²) in [5.74, 6) is -0.201. The van der Waals surface area contributed by atoms with Crippen LogP contribution in [0.4, 0.5) is 0 Å². The lowest BCUT2D eigenvalue weighted by Gasteiger charge is -2.19. The van der Waals surface area contributed by atoms with E-state index in [-0.39, 0.29) is 11.4 Å². The maximum Gasteiger partial charge on any atom is 0.340 e. The van der Waals surface area contributed by atoms with Gasteiger partial charge in [-0.3, -0.25) is 0 Å². The largest absolute Gasteiger partial charge is 0.464 e. The maximum absolute atomic E-state index is 11.8. The Kier molecular flexibility index (Phi) is 4.72. The van der Waals surface area contributed by atoms with Gasteiger partial charge in [-0.1, -0.05) is 45.0 Å². The molecule has 1 aromatic carbocycles. The van der Waals surface area contributed by atoms with Crippen LogP contribution < -0.4 is 0 Å². The number of rotatable bonds is 6. The van der Waals surface area contributed by atoms with Gasteiger partial charge >= 0.3 is 5.97 Å². The summed E-state index contributed by atoms with van der Waals surface area (Å²) < 4.78 is 10.4. The Balaban J connectivity index is 1.83. The highest BCUT2D eigenvalue weighted by atomic mass is 16.6. The third-order valence-electron chi connectivity index (χ3n) is 4.01. The molecule has 1 saturated heterocycles. The van der Waals surface area contributed by atoms with E-state index in [9.17, 15) is 4.79 Å². The average molecular weight is 290 g/mol. The Morgan fingerprint density at radius 2 is 1.90 bits per heavy atom. The van der Waals surface area contributed by atoms with Crippen molar-refractivity contribution >= 4 is 5.97 Å². The molecule has 1 unspecified atom stereocenters. The standard InChI is InChI=1S/C18H26O3/c1-5-20-16(19)18(13-21-18)12-6-7-14-8-10-15(11-9-14)17(2,3)4/h8-11H,5-7,12-13H2,1-4H3. The first kappa shape index (κ1) is 16.0. The van der Waals surface area contributed by atoms with Gasteiger partial charge < -0.3 is 9.47 Å². The average Bonchev–Trinajstić information content (AvgIpc) is 3.20. The number of esters is 1. The number of benzene rings is 1. The Hall–Kier alpha value is -1.35. The molecule has 116 valence electrons. The molecule has 1 aliphatic rings. The van der Waals surface area contributed by atoms with Gasteiger partial charge in [0.05, 0.1) is 13.2 Å². The summed E-state index contributed by atoms with van der Waals surface area (Å²) in [5.41, 5.74) is 2.21. The van der Waals surface area contributed by atoms with Crippen LogP contribution in [0.2, 0.25) is 0 Å². The second-order valence-corrected chi connectivity index (χ2v) is 6.80. The van der Waals surface area contributed by atoms with E-state index in [1.54, 1.807) is 0 Å². The van der Waals surface area contributed by atoms with Crippen LogP contribution in [0.3, 0.4) is 0 Å². The molecule has 0 bridgehead atoms. The minimum Gasteiger partial charge on any atom is -0.464 e. The molecule has 1 heterocycles. The molecule has 0 aromatic heterocycles. The molecule has 1 atom stereocenters. The fraction of sp³-hybridized carbons (Fsp3) is 0.611. The summed E-state index contributed by atoms with van der Waals surface area (Å²) in [7, 11) is 0. The summed E-state index contributed by atoms with van der Waals surface area (Å²) in [5, 5.41) is 0. The van der Waals surface area contributed by atoms with Gasteiger partial charge in [0.25, 0.3) is 0 Å². The minimum atomic E-state index is -0.638. The summed E-state index contributed by atoms with van der Waals surface area (Å²) in [6.07, 6.45) is 2.65. The number of aryl methyl sites for hydroxylation is 1. The highest BCUT2D eigenvalue weighted by Gasteiger charge is 2.52. The Bertz CT molecular complexity index is 478. The van der Waals surface area contributed by atoms with Gasteiger partial charge in [0.15, 0.2) is 5.60 Å². The second-order valence-electron chi connectivity index (χ2n) is 6.80. The first-order valence-corrected chi connectivity index (χ1v) is 7.78. The lowest BCUT2D eigenvalue weighted by atomic mass is 9.86. The number of hydrogen-bond donors (Lipinski definition) is 0.